The first kappa shape index (κ1) is 22.5. The fourth-order valence-electron chi connectivity index (χ4n) is 3.64. The highest BCUT2D eigenvalue weighted by molar-refractivity contribution is 6.32. The van der Waals surface area contributed by atoms with Crippen LogP contribution in [0, 0.1) is 5.92 Å². The number of amides is 2. The molecule has 1 aliphatic rings. The van der Waals surface area contributed by atoms with Gasteiger partial charge in [-0.2, -0.15) is 0 Å². The van der Waals surface area contributed by atoms with E-state index in [1.54, 1.807) is 17.0 Å². The summed E-state index contributed by atoms with van der Waals surface area (Å²) < 4.78 is 11.3. The lowest BCUT2D eigenvalue weighted by atomic mass is 10.1. The summed E-state index contributed by atoms with van der Waals surface area (Å²) in [6, 6.07) is 22.4. The summed E-state index contributed by atoms with van der Waals surface area (Å²) in [5.74, 6) is 0.0320. The van der Waals surface area contributed by atoms with Gasteiger partial charge in [0.1, 0.15) is 6.61 Å². The molecule has 0 saturated carbocycles. The number of hydrogen-bond acceptors (Lipinski definition) is 5. The maximum atomic E-state index is 12.7. The minimum absolute atomic E-state index is 0.0778. The van der Waals surface area contributed by atoms with Gasteiger partial charge in [-0.1, -0.05) is 60.1 Å². The third-order valence-electron chi connectivity index (χ3n) is 5.35. The average Bonchev–Trinajstić information content (AvgIpc) is 3.24. The molecule has 3 aromatic rings. The van der Waals surface area contributed by atoms with Gasteiger partial charge in [0.05, 0.1) is 23.7 Å². The molecule has 0 aromatic heterocycles. The number of ether oxygens (including phenoxy) is 2. The van der Waals surface area contributed by atoms with Gasteiger partial charge >= 0.3 is 0 Å². The molecule has 2 N–H and O–H groups in total. The Labute approximate surface area is 197 Å². The van der Waals surface area contributed by atoms with Crippen molar-refractivity contribution < 1.29 is 19.1 Å². The van der Waals surface area contributed by atoms with Gasteiger partial charge < -0.3 is 14.4 Å². The van der Waals surface area contributed by atoms with Crippen LogP contribution in [-0.2, 0) is 16.2 Å². The lowest BCUT2D eigenvalue weighted by Crippen LogP contribution is -2.36. The summed E-state index contributed by atoms with van der Waals surface area (Å²) in [7, 11) is 1.52. The number of rotatable bonds is 8. The summed E-state index contributed by atoms with van der Waals surface area (Å²) in [6.07, 6.45) is 0.152. The van der Waals surface area contributed by atoms with Gasteiger partial charge in [-0.05, 0) is 23.8 Å². The molecule has 2 amide bonds. The van der Waals surface area contributed by atoms with E-state index in [4.69, 9.17) is 21.1 Å². The normalized spacial score (nSPS) is 15.3. The Morgan fingerprint density at radius 2 is 1.79 bits per heavy atom. The summed E-state index contributed by atoms with van der Waals surface area (Å²) in [5, 5.41) is 0.341. The zero-order chi connectivity index (χ0) is 23.2. The van der Waals surface area contributed by atoms with Crippen molar-refractivity contribution in [3.63, 3.8) is 0 Å². The zero-order valence-electron chi connectivity index (χ0n) is 18.1. The third-order valence-corrected chi connectivity index (χ3v) is 5.63. The second-order valence-corrected chi connectivity index (χ2v) is 8.03. The molecule has 0 bridgehead atoms. The van der Waals surface area contributed by atoms with Crippen LogP contribution in [0.4, 0.5) is 11.4 Å². The van der Waals surface area contributed by atoms with Crippen LogP contribution in [0.25, 0.3) is 0 Å². The smallest absolute Gasteiger partial charge is 0.243 e. The predicted octanol–water partition coefficient (Wildman–Crippen LogP) is 4.42. The molecule has 0 spiro atoms. The predicted molar refractivity (Wildman–Crippen MR) is 127 cm³/mol. The molecule has 4 rings (SSSR count). The first-order valence-corrected chi connectivity index (χ1v) is 10.9. The van der Waals surface area contributed by atoms with E-state index < -0.39 is 5.92 Å². The van der Waals surface area contributed by atoms with Gasteiger partial charge in [0.2, 0.25) is 11.8 Å². The molecule has 170 valence electrons. The van der Waals surface area contributed by atoms with Crippen molar-refractivity contribution in [3.05, 3.63) is 83.4 Å². The third kappa shape index (κ3) is 5.38. The highest BCUT2D eigenvalue weighted by Crippen LogP contribution is 2.38. The van der Waals surface area contributed by atoms with E-state index in [1.807, 2.05) is 60.7 Å². The molecule has 0 radical (unpaired) electrons. The van der Waals surface area contributed by atoms with E-state index in [0.29, 0.717) is 35.4 Å². The van der Waals surface area contributed by atoms with Crippen LogP contribution in [0.5, 0.6) is 11.5 Å². The largest absolute Gasteiger partial charge is 0.493 e. The Morgan fingerprint density at radius 3 is 2.48 bits per heavy atom. The Bertz CT molecular complexity index is 1130. The maximum Gasteiger partial charge on any atom is 0.243 e. The molecule has 7 nitrogen and oxygen atoms in total. The number of anilines is 2. The number of hydrazine groups is 1. The van der Waals surface area contributed by atoms with E-state index in [-0.39, 0.29) is 18.2 Å². The molecular formula is C25H24ClN3O4. The van der Waals surface area contributed by atoms with E-state index >= 15 is 0 Å². The molecule has 1 fully saturated rings. The molecule has 3 aromatic carbocycles. The molecule has 0 unspecified atom stereocenters. The van der Waals surface area contributed by atoms with E-state index in [9.17, 15) is 9.59 Å². The second-order valence-electron chi connectivity index (χ2n) is 7.62. The SMILES string of the molecule is COc1cc(NNC(=O)[C@@H]2CC(=O)N(c3ccccc3)C2)cc(Cl)c1OCc1ccccc1. The monoisotopic (exact) mass is 465 g/mol. The Kier molecular flexibility index (Phi) is 7.00. The quantitative estimate of drug-likeness (QED) is 0.481. The molecular weight excluding hydrogens is 442 g/mol. The molecule has 33 heavy (non-hydrogen) atoms. The van der Waals surface area contributed by atoms with Crippen LogP contribution in [-0.4, -0.2) is 25.5 Å². The lowest BCUT2D eigenvalue weighted by Gasteiger charge is -2.18. The number of methoxy groups -OCH3 is 1. The average molecular weight is 466 g/mol. The van der Waals surface area contributed by atoms with Crippen LogP contribution >= 0.6 is 11.6 Å². The number of para-hydroxylation sites is 1. The van der Waals surface area contributed by atoms with Crippen molar-refractivity contribution in [2.24, 2.45) is 5.92 Å². The van der Waals surface area contributed by atoms with Crippen molar-refractivity contribution in [2.75, 3.05) is 24.0 Å². The van der Waals surface area contributed by atoms with Crippen LogP contribution in [0.2, 0.25) is 5.02 Å². The number of carbonyl (C=O) groups excluding carboxylic acids is 2. The maximum absolute atomic E-state index is 12.7. The molecule has 8 heteroatoms. The molecule has 1 heterocycles. The molecule has 0 aliphatic carbocycles. The van der Waals surface area contributed by atoms with Crippen molar-refractivity contribution in [1.82, 2.24) is 5.43 Å². The van der Waals surface area contributed by atoms with Crippen LogP contribution in [0.1, 0.15) is 12.0 Å². The van der Waals surface area contributed by atoms with E-state index in [0.717, 1.165) is 11.3 Å². The zero-order valence-corrected chi connectivity index (χ0v) is 18.8. The topological polar surface area (TPSA) is 79.9 Å². The van der Waals surface area contributed by atoms with Crippen molar-refractivity contribution in [1.29, 1.82) is 0 Å². The fourth-order valence-corrected chi connectivity index (χ4v) is 3.90. The van der Waals surface area contributed by atoms with Crippen LogP contribution < -0.4 is 25.2 Å². The summed E-state index contributed by atoms with van der Waals surface area (Å²) >= 11 is 6.42. The number of carbonyl (C=O) groups is 2. The molecule has 1 atom stereocenters. The minimum atomic E-state index is -0.462. The van der Waals surface area contributed by atoms with Gasteiger partial charge in [-0.25, -0.2) is 0 Å². The van der Waals surface area contributed by atoms with E-state index in [2.05, 4.69) is 10.9 Å². The number of halogens is 1. The molecule has 1 saturated heterocycles. The first-order chi connectivity index (χ1) is 16.0. The highest BCUT2D eigenvalue weighted by Gasteiger charge is 2.35. The molecule has 1 aliphatic heterocycles. The number of nitrogens with one attached hydrogen (secondary N) is 2. The van der Waals surface area contributed by atoms with Crippen molar-refractivity contribution in [3.8, 4) is 11.5 Å². The van der Waals surface area contributed by atoms with Gasteiger partial charge in [-0.15, -0.1) is 0 Å². The van der Waals surface area contributed by atoms with Gasteiger partial charge in [0, 0.05) is 24.7 Å². The van der Waals surface area contributed by atoms with Crippen LogP contribution in [0.3, 0.4) is 0 Å². The Balaban J connectivity index is 1.37. The highest BCUT2D eigenvalue weighted by atomic mass is 35.5. The summed E-state index contributed by atoms with van der Waals surface area (Å²) in [5.41, 5.74) is 7.84. The lowest BCUT2D eigenvalue weighted by molar-refractivity contribution is -0.125. The number of nitrogens with zero attached hydrogens (tertiary/aromatic N) is 1. The van der Waals surface area contributed by atoms with Crippen molar-refractivity contribution >= 4 is 34.8 Å². The fraction of sp³-hybridized carbons (Fsp3) is 0.200. The van der Waals surface area contributed by atoms with Crippen LogP contribution in [0.15, 0.2) is 72.8 Å². The summed E-state index contributed by atoms with van der Waals surface area (Å²) in [6.45, 7) is 0.667. The van der Waals surface area contributed by atoms with E-state index in [1.165, 1.54) is 7.11 Å². The first-order valence-electron chi connectivity index (χ1n) is 10.5. The van der Waals surface area contributed by atoms with Gasteiger partial charge in [-0.3, -0.25) is 20.4 Å². The Morgan fingerprint density at radius 1 is 1.09 bits per heavy atom. The second kappa shape index (κ2) is 10.3. The number of hydrogen-bond donors (Lipinski definition) is 2. The standard InChI is InChI=1S/C25H24ClN3O4/c1-32-22-14-19(13-21(26)24(22)33-16-17-8-4-2-5-9-17)27-28-25(31)18-12-23(30)29(15-18)20-10-6-3-7-11-20/h2-11,13-14,18,27H,12,15-16H2,1H3,(H,28,31)/t18-/m1/s1. The van der Waals surface area contributed by atoms with Gasteiger partial charge in [0.15, 0.2) is 11.5 Å². The Hall–Kier alpha value is -3.71. The minimum Gasteiger partial charge on any atom is -0.493 e. The summed E-state index contributed by atoms with van der Waals surface area (Å²) in [4.78, 5) is 26.7. The number of benzene rings is 3. The van der Waals surface area contributed by atoms with Gasteiger partial charge in [0.25, 0.3) is 0 Å². The van der Waals surface area contributed by atoms with Crippen molar-refractivity contribution in [2.45, 2.75) is 13.0 Å².